The Morgan fingerprint density at radius 1 is 1.15 bits per heavy atom. The third-order valence-electron chi connectivity index (χ3n) is 0.596. The van der Waals surface area contributed by atoms with E-state index in [1.807, 2.05) is 0 Å². The zero-order chi connectivity index (χ0) is 11.0. The zero-order valence-corrected chi connectivity index (χ0v) is 9.74. The van der Waals surface area contributed by atoms with Gasteiger partial charge in [-0.05, 0) is 0 Å². The molecule has 4 nitrogen and oxygen atoms in total. The van der Waals surface area contributed by atoms with Crippen molar-refractivity contribution < 1.29 is 14.4 Å². The summed E-state index contributed by atoms with van der Waals surface area (Å²) in [6.45, 7) is 2.76. The van der Waals surface area contributed by atoms with E-state index in [9.17, 15) is 14.4 Å². The van der Waals surface area contributed by atoms with E-state index in [1.165, 1.54) is 18.7 Å². The Kier molecular flexibility index (Phi) is 9.38. The van der Waals surface area contributed by atoms with E-state index in [-0.39, 0.29) is 15.5 Å². The summed E-state index contributed by atoms with van der Waals surface area (Å²) in [6, 6.07) is 0. The van der Waals surface area contributed by atoms with Crippen molar-refractivity contribution in [3.63, 3.8) is 0 Å². The van der Waals surface area contributed by atoms with E-state index in [0.29, 0.717) is 11.8 Å². The van der Waals surface area contributed by atoms with Crippen molar-refractivity contribution in [2.45, 2.75) is 13.8 Å². The molecule has 0 atom stereocenters. The largest absolute Gasteiger partial charge is 0.339 e. The van der Waals surface area contributed by atoms with E-state index in [1.54, 1.807) is 14.1 Å². The van der Waals surface area contributed by atoms with Gasteiger partial charge in [0.05, 0.1) is 0 Å². The molecule has 76 valence electrons. The lowest BCUT2D eigenvalue weighted by molar-refractivity contribution is -0.109. The van der Waals surface area contributed by atoms with Gasteiger partial charge in [-0.15, -0.1) is 12.6 Å². The van der Waals surface area contributed by atoms with Gasteiger partial charge in [0.15, 0.2) is 10.2 Å². The van der Waals surface area contributed by atoms with Crippen LogP contribution in [0.15, 0.2) is 0 Å². The highest BCUT2D eigenvalue weighted by molar-refractivity contribution is 8.25. The van der Waals surface area contributed by atoms with Gasteiger partial charge in [0.1, 0.15) is 0 Å². The molecule has 0 N–H and O–H groups in total. The average molecular weight is 223 g/mol. The quantitative estimate of drug-likeness (QED) is 0.631. The maximum atomic E-state index is 10.6. The van der Waals surface area contributed by atoms with Crippen molar-refractivity contribution in [3.05, 3.63) is 0 Å². The van der Waals surface area contributed by atoms with E-state index in [0.717, 1.165) is 0 Å². The van der Waals surface area contributed by atoms with Gasteiger partial charge in [0, 0.05) is 39.7 Å². The van der Waals surface area contributed by atoms with Crippen molar-refractivity contribution in [2.75, 3.05) is 14.1 Å². The Morgan fingerprint density at radius 2 is 1.46 bits per heavy atom. The highest BCUT2D eigenvalue weighted by Gasteiger charge is 2.06. The number of nitrogens with zero attached hydrogens (tertiary/aromatic N) is 1. The molecule has 0 fully saturated rings. The Hall–Kier alpha value is -0.490. The number of thiol groups is 1. The summed E-state index contributed by atoms with van der Waals surface area (Å²) in [5, 5.41) is -0.531. The minimum absolute atomic E-state index is 0.139. The van der Waals surface area contributed by atoms with Gasteiger partial charge in [-0.25, -0.2) is 0 Å². The molecule has 0 spiro atoms. The molecule has 0 heterocycles. The lowest BCUT2D eigenvalue weighted by atomic mass is 10.9. The zero-order valence-electron chi connectivity index (χ0n) is 8.03. The first-order valence-electron chi connectivity index (χ1n) is 3.36. The van der Waals surface area contributed by atoms with Gasteiger partial charge in [-0.3, -0.25) is 14.4 Å². The van der Waals surface area contributed by atoms with Crippen LogP contribution in [0.3, 0.4) is 0 Å². The van der Waals surface area contributed by atoms with Gasteiger partial charge in [-0.1, -0.05) is 0 Å². The molecule has 0 unspecified atom stereocenters. The fourth-order valence-corrected chi connectivity index (χ4v) is 0.643. The van der Waals surface area contributed by atoms with E-state index >= 15 is 0 Å². The maximum Gasteiger partial charge on any atom is 0.288 e. The Balaban J connectivity index is 0. The van der Waals surface area contributed by atoms with Crippen LogP contribution in [-0.2, 0) is 9.59 Å². The Morgan fingerprint density at radius 3 is 1.54 bits per heavy atom. The topological polar surface area (TPSA) is 54.5 Å². The molecule has 0 aliphatic heterocycles. The van der Waals surface area contributed by atoms with Gasteiger partial charge in [0.2, 0.25) is 0 Å². The summed E-state index contributed by atoms with van der Waals surface area (Å²) in [4.78, 5) is 31.6. The fourth-order valence-electron chi connectivity index (χ4n) is 0.214. The molecule has 0 aromatic heterocycles. The second-order valence-electron chi connectivity index (χ2n) is 2.27. The number of carbonyl (C=O) groups is 3. The lowest BCUT2D eigenvalue weighted by Gasteiger charge is -2.05. The van der Waals surface area contributed by atoms with Crippen molar-refractivity contribution in [3.8, 4) is 0 Å². The molecule has 0 saturated heterocycles. The van der Waals surface area contributed by atoms with E-state index < -0.39 is 0 Å². The average Bonchev–Trinajstić information content (AvgIpc) is 1.83. The highest BCUT2D eigenvalue weighted by Crippen LogP contribution is 2.05. The van der Waals surface area contributed by atoms with Gasteiger partial charge in [0.25, 0.3) is 5.24 Å². The van der Waals surface area contributed by atoms with E-state index in [2.05, 4.69) is 12.6 Å². The molecule has 0 rings (SSSR count). The monoisotopic (exact) mass is 223 g/mol. The normalized spacial score (nSPS) is 8.08. The van der Waals surface area contributed by atoms with Gasteiger partial charge >= 0.3 is 0 Å². The van der Waals surface area contributed by atoms with Crippen molar-refractivity contribution in [1.82, 2.24) is 4.90 Å². The molecule has 0 aliphatic rings. The number of hydrogen-bond acceptors (Lipinski definition) is 4. The van der Waals surface area contributed by atoms with E-state index in [4.69, 9.17) is 0 Å². The second kappa shape index (κ2) is 8.12. The summed E-state index contributed by atoms with van der Waals surface area (Å²) in [6.07, 6.45) is 0. The third-order valence-corrected chi connectivity index (χ3v) is 1.42. The predicted octanol–water partition coefficient (Wildman–Crippen LogP) is 1.41. The van der Waals surface area contributed by atoms with Crippen molar-refractivity contribution in [2.24, 2.45) is 0 Å². The molecule has 0 aromatic carbocycles. The first-order valence-corrected chi connectivity index (χ1v) is 4.63. The molecular weight excluding hydrogens is 210 g/mol. The third kappa shape index (κ3) is 18.5. The van der Waals surface area contributed by atoms with Gasteiger partial charge in [-0.2, -0.15) is 0 Å². The van der Waals surface area contributed by atoms with Crippen LogP contribution in [-0.4, -0.2) is 34.5 Å². The molecule has 0 aromatic rings. The molecule has 0 saturated carbocycles. The minimum Gasteiger partial charge on any atom is -0.339 e. The van der Waals surface area contributed by atoms with Crippen LogP contribution < -0.4 is 0 Å². The maximum absolute atomic E-state index is 10.6. The van der Waals surface area contributed by atoms with Crippen LogP contribution in [0.5, 0.6) is 0 Å². The molecule has 1 amide bonds. The van der Waals surface area contributed by atoms with Crippen LogP contribution >= 0.6 is 24.4 Å². The van der Waals surface area contributed by atoms with Gasteiger partial charge < -0.3 is 4.90 Å². The number of hydrogen-bond donors (Lipinski definition) is 1. The standard InChI is InChI=1S/C5H9NO2S.C2H4OS/c1-4(7)9-5(8)6(2)3;1-2(3)4/h1-3H3;1H3,(H,3,4). The second-order valence-corrected chi connectivity index (χ2v) is 4.03. The molecule has 0 aliphatic carbocycles. The Bertz CT molecular complexity index is 200. The summed E-state index contributed by atoms with van der Waals surface area (Å²) in [5.74, 6) is 0. The highest BCUT2D eigenvalue weighted by atomic mass is 32.2. The van der Waals surface area contributed by atoms with Crippen molar-refractivity contribution in [1.29, 1.82) is 0 Å². The van der Waals surface area contributed by atoms with Crippen LogP contribution in [0.1, 0.15) is 13.8 Å². The number of rotatable bonds is 0. The van der Waals surface area contributed by atoms with Crippen LogP contribution in [0.25, 0.3) is 0 Å². The van der Waals surface area contributed by atoms with Crippen LogP contribution in [0.2, 0.25) is 0 Å². The predicted molar refractivity (Wildman–Crippen MR) is 57.0 cm³/mol. The SMILES string of the molecule is CC(=O)S.CC(=O)SC(=O)N(C)C. The number of amides is 1. The summed E-state index contributed by atoms with van der Waals surface area (Å²) in [7, 11) is 3.22. The van der Waals surface area contributed by atoms with Crippen LogP contribution in [0, 0.1) is 0 Å². The summed E-state index contributed by atoms with van der Waals surface area (Å²) < 4.78 is 0. The molecule has 0 bridgehead atoms. The lowest BCUT2D eigenvalue weighted by Crippen LogP contribution is -2.17. The molecular formula is C7H13NO3S2. The fraction of sp³-hybridized carbons (Fsp3) is 0.571. The number of carbonyl (C=O) groups excluding carboxylic acids is 3. The summed E-state index contributed by atoms with van der Waals surface area (Å²) in [5.41, 5.74) is 0. The molecule has 6 heteroatoms. The molecule has 0 radical (unpaired) electrons. The smallest absolute Gasteiger partial charge is 0.288 e. The molecule has 13 heavy (non-hydrogen) atoms. The first-order chi connectivity index (χ1) is 5.77. The first kappa shape index (κ1) is 15.0. The number of thioether (sulfide) groups is 1. The Labute approximate surface area is 87.5 Å². The van der Waals surface area contributed by atoms with Crippen molar-refractivity contribution >= 4 is 39.9 Å². The van der Waals surface area contributed by atoms with Crippen LogP contribution in [0.4, 0.5) is 4.79 Å². The summed E-state index contributed by atoms with van der Waals surface area (Å²) >= 11 is 4.04. The minimum atomic E-state index is -0.220.